The molecule has 0 saturated heterocycles. The van der Waals surface area contributed by atoms with E-state index < -0.39 is 0 Å². The van der Waals surface area contributed by atoms with Crippen LogP contribution in [0.2, 0.25) is 5.02 Å². The molecule has 0 aromatic carbocycles. The molecule has 2 aromatic heterocycles. The molecule has 0 N–H and O–H groups in total. The number of hydrogen-bond donors (Lipinski definition) is 0. The van der Waals surface area contributed by atoms with Crippen molar-refractivity contribution in [3.05, 3.63) is 23.2 Å². The molecule has 3 rings (SSSR count). The Hall–Kier alpha value is -1.09. The van der Waals surface area contributed by atoms with Crippen LogP contribution in [0.3, 0.4) is 0 Å². The van der Waals surface area contributed by atoms with E-state index in [1.165, 1.54) is 32.1 Å². The van der Waals surface area contributed by atoms with Gasteiger partial charge in [0.05, 0.1) is 5.02 Å². The molecule has 3 nitrogen and oxygen atoms in total. The molecule has 1 aliphatic rings. The highest BCUT2D eigenvalue weighted by atomic mass is 35.5. The van der Waals surface area contributed by atoms with Gasteiger partial charge in [-0.15, -0.1) is 0 Å². The van der Waals surface area contributed by atoms with Crippen LogP contribution in [0.5, 0.6) is 0 Å². The first-order valence-electron chi connectivity index (χ1n) is 5.75. The van der Waals surface area contributed by atoms with Crippen LogP contribution in [-0.2, 0) is 0 Å². The maximum atomic E-state index is 5.86. The van der Waals surface area contributed by atoms with Crippen molar-refractivity contribution in [1.29, 1.82) is 0 Å². The summed E-state index contributed by atoms with van der Waals surface area (Å²) in [6.07, 6.45) is 7.86. The summed E-state index contributed by atoms with van der Waals surface area (Å²) in [7, 11) is 0. The number of fused-ring (bicyclic) bond motifs is 1. The van der Waals surface area contributed by atoms with E-state index in [9.17, 15) is 0 Å². The predicted octanol–water partition coefficient (Wildman–Crippen LogP) is 3.92. The van der Waals surface area contributed by atoms with Crippen LogP contribution in [0.25, 0.3) is 11.2 Å². The van der Waals surface area contributed by atoms with Crippen LogP contribution in [0.1, 0.15) is 43.9 Å². The third-order valence-corrected chi connectivity index (χ3v) is 3.39. The highest BCUT2D eigenvalue weighted by Gasteiger charge is 2.21. The van der Waals surface area contributed by atoms with Gasteiger partial charge in [0.25, 0.3) is 0 Å². The molecule has 1 saturated carbocycles. The molecule has 16 heavy (non-hydrogen) atoms. The molecule has 0 atom stereocenters. The topological polar surface area (TPSA) is 38.9 Å². The van der Waals surface area contributed by atoms with Crippen molar-refractivity contribution in [1.82, 2.24) is 9.97 Å². The van der Waals surface area contributed by atoms with Crippen molar-refractivity contribution in [3.8, 4) is 0 Å². The van der Waals surface area contributed by atoms with E-state index in [0.717, 1.165) is 5.89 Å². The Morgan fingerprint density at radius 3 is 2.88 bits per heavy atom. The predicted molar refractivity (Wildman–Crippen MR) is 62.6 cm³/mol. The van der Waals surface area contributed by atoms with E-state index >= 15 is 0 Å². The van der Waals surface area contributed by atoms with Crippen LogP contribution in [0, 0.1) is 0 Å². The lowest BCUT2D eigenvalue weighted by Crippen LogP contribution is -2.04. The Kier molecular flexibility index (Phi) is 2.56. The van der Waals surface area contributed by atoms with Gasteiger partial charge in [0.15, 0.2) is 17.1 Å². The molecule has 0 amide bonds. The van der Waals surface area contributed by atoms with Gasteiger partial charge < -0.3 is 4.42 Å². The van der Waals surface area contributed by atoms with E-state index in [1.54, 1.807) is 12.3 Å². The van der Waals surface area contributed by atoms with E-state index in [0.29, 0.717) is 22.2 Å². The van der Waals surface area contributed by atoms with Crippen molar-refractivity contribution in [3.63, 3.8) is 0 Å². The summed E-state index contributed by atoms with van der Waals surface area (Å²) < 4.78 is 5.73. The second-order valence-corrected chi connectivity index (χ2v) is 4.80. The average molecular weight is 237 g/mol. The minimum absolute atomic E-state index is 0.474. The maximum absolute atomic E-state index is 5.86. The Bertz CT molecular complexity index is 503. The number of pyridine rings is 1. The van der Waals surface area contributed by atoms with Gasteiger partial charge in [-0.3, -0.25) is 0 Å². The smallest absolute Gasteiger partial charge is 0.200 e. The zero-order valence-electron chi connectivity index (χ0n) is 8.95. The molecule has 1 fully saturated rings. The third kappa shape index (κ3) is 1.80. The summed E-state index contributed by atoms with van der Waals surface area (Å²) in [5.74, 6) is 1.31. The van der Waals surface area contributed by atoms with Gasteiger partial charge in [0, 0.05) is 18.2 Å². The molecule has 0 bridgehead atoms. The summed E-state index contributed by atoms with van der Waals surface area (Å²) in [4.78, 5) is 8.60. The van der Waals surface area contributed by atoms with E-state index in [2.05, 4.69) is 9.97 Å². The van der Waals surface area contributed by atoms with E-state index in [1.807, 2.05) is 0 Å². The summed E-state index contributed by atoms with van der Waals surface area (Å²) in [5.41, 5.74) is 1.37. The first kappa shape index (κ1) is 10.1. The summed E-state index contributed by atoms with van der Waals surface area (Å²) in [5, 5.41) is 0.596. The van der Waals surface area contributed by atoms with Crippen LogP contribution in [0.15, 0.2) is 16.7 Å². The first-order chi connectivity index (χ1) is 7.83. The standard InChI is InChI=1S/C12H13ClN2O/c13-9-6-10-11(14-7-9)15-12(16-10)8-4-2-1-3-5-8/h6-8H,1-5H2. The van der Waals surface area contributed by atoms with Gasteiger partial charge in [-0.2, -0.15) is 4.98 Å². The average Bonchev–Trinajstić information content (AvgIpc) is 2.73. The number of rotatable bonds is 1. The van der Waals surface area contributed by atoms with Gasteiger partial charge in [-0.1, -0.05) is 30.9 Å². The second kappa shape index (κ2) is 4.06. The normalized spacial score (nSPS) is 18.1. The quantitative estimate of drug-likeness (QED) is 0.753. The Morgan fingerprint density at radius 1 is 1.25 bits per heavy atom. The number of oxazole rings is 1. The van der Waals surface area contributed by atoms with Gasteiger partial charge in [0.1, 0.15) is 0 Å². The lowest BCUT2D eigenvalue weighted by atomic mass is 9.89. The zero-order chi connectivity index (χ0) is 11.0. The number of halogens is 1. The molecule has 0 radical (unpaired) electrons. The summed E-state index contributed by atoms with van der Waals surface area (Å²) in [6.45, 7) is 0. The van der Waals surface area contributed by atoms with E-state index in [4.69, 9.17) is 16.0 Å². The molecule has 2 heterocycles. The molecule has 0 unspecified atom stereocenters. The minimum Gasteiger partial charge on any atom is -0.439 e. The summed E-state index contributed by atoms with van der Waals surface area (Å²) >= 11 is 5.86. The Balaban J connectivity index is 1.97. The molecule has 0 spiro atoms. The molecule has 1 aliphatic carbocycles. The van der Waals surface area contributed by atoms with Crippen LogP contribution in [-0.4, -0.2) is 9.97 Å². The van der Waals surface area contributed by atoms with Crippen molar-refractivity contribution in [2.24, 2.45) is 0 Å². The molecule has 2 aromatic rings. The van der Waals surface area contributed by atoms with Crippen molar-refractivity contribution >= 4 is 22.8 Å². The number of nitrogens with zero attached hydrogens (tertiary/aromatic N) is 2. The highest BCUT2D eigenvalue weighted by molar-refractivity contribution is 6.30. The lowest BCUT2D eigenvalue weighted by Gasteiger charge is -2.17. The number of aromatic nitrogens is 2. The van der Waals surface area contributed by atoms with Gasteiger partial charge in [-0.25, -0.2) is 4.98 Å². The molecule has 4 heteroatoms. The van der Waals surface area contributed by atoms with Crippen molar-refractivity contribution < 1.29 is 4.42 Å². The summed E-state index contributed by atoms with van der Waals surface area (Å²) in [6, 6.07) is 1.78. The fourth-order valence-corrected chi connectivity index (χ4v) is 2.48. The first-order valence-corrected chi connectivity index (χ1v) is 6.13. The van der Waals surface area contributed by atoms with Gasteiger partial charge in [0.2, 0.25) is 0 Å². The highest BCUT2D eigenvalue weighted by Crippen LogP contribution is 2.33. The zero-order valence-corrected chi connectivity index (χ0v) is 9.70. The van der Waals surface area contributed by atoms with Crippen molar-refractivity contribution in [2.75, 3.05) is 0 Å². The molecule has 84 valence electrons. The van der Waals surface area contributed by atoms with E-state index in [-0.39, 0.29) is 0 Å². The van der Waals surface area contributed by atoms with Crippen LogP contribution < -0.4 is 0 Å². The lowest BCUT2D eigenvalue weighted by molar-refractivity contribution is 0.373. The van der Waals surface area contributed by atoms with Crippen LogP contribution in [0.4, 0.5) is 0 Å². The molecular weight excluding hydrogens is 224 g/mol. The Labute approximate surface area is 98.8 Å². The van der Waals surface area contributed by atoms with Gasteiger partial charge in [-0.05, 0) is 12.8 Å². The monoisotopic (exact) mass is 236 g/mol. The Morgan fingerprint density at radius 2 is 2.06 bits per heavy atom. The number of hydrogen-bond acceptors (Lipinski definition) is 3. The van der Waals surface area contributed by atoms with Crippen LogP contribution >= 0.6 is 11.6 Å². The van der Waals surface area contributed by atoms with Gasteiger partial charge >= 0.3 is 0 Å². The van der Waals surface area contributed by atoms with Crippen molar-refractivity contribution in [2.45, 2.75) is 38.0 Å². The third-order valence-electron chi connectivity index (χ3n) is 3.18. The fraction of sp³-hybridized carbons (Fsp3) is 0.500. The molecule has 0 aliphatic heterocycles. The molecular formula is C12H13ClN2O. The maximum Gasteiger partial charge on any atom is 0.200 e. The SMILES string of the molecule is Clc1cnc2nc(C3CCCCC3)oc2c1. The largest absolute Gasteiger partial charge is 0.439 e. The second-order valence-electron chi connectivity index (χ2n) is 4.36. The minimum atomic E-state index is 0.474. The fourth-order valence-electron chi connectivity index (χ4n) is 2.34.